The third kappa shape index (κ3) is 7.35. The molecule has 10 heteroatoms. The van der Waals surface area contributed by atoms with E-state index in [-0.39, 0.29) is 37.7 Å². The van der Waals surface area contributed by atoms with Gasteiger partial charge in [-0.2, -0.15) is 0 Å². The molecule has 0 radical (unpaired) electrons. The summed E-state index contributed by atoms with van der Waals surface area (Å²) >= 11 is 12.5. The Labute approximate surface area is 212 Å². The van der Waals surface area contributed by atoms with Gasteiger partial charge in [-0.3, -0.25) is 13.9 Å². The van der Waals surface area contributed by atoms with Gasteiger partial charge in [-0.25, -0.2) is 8.42 Å². The van der Waals surface area contributed by atoms with Gasteiger partial charge in [-0.05, 0) is 56.5 Å². The Morgan fingerprint density at radius 1 is 1.06 bits per heavy atom. The number of likely N-dealkylation sites (N-methyl/N-ethyl adjacent to an activating group) is 1. The predicted octanol–water partition coefficient (Wildman–Crippen LogP) is 4.40. The molecule has 2 aromatic carbocycles. The second-order valence-corrected chi connectivity index (χ2v) is 10.7. The van der Waals surface area contributed by atoms with E-state index < -0.39 is 16.1 Å². The zero-order chi connectivity index (χ0) is 25.5. The lowest BCUT2D eigenvalue weighted by Crippen LogP contribution is -2.47. The molecule has 0 spiro atoms. The first-order chi connectivity index (χ1) is 16.0. The van der Waals surface area contributed by atoms with Crippen molar-refractivity contribution in [3.63, 3.8) is 0 Å². The summed E-state index contributed by atoms with van der Waals surface area (Å²) in [5.74, 6) is -0.537. The number of anilines is 1. The summed E-state index contributed by atoms with van der Waals surface area (Å²) in [6.45, 7) is 5.93. The van der Waals surface area contributed by atoms with E-state index in [9.17, 15) is 18.0 Å². The van der Waals surface area contributed by atoms with Crippen molar-refractivity contribution in [3.8, 4) is 0 Å². The molecule has 0 fully saturated rings. The fraction of sp³-hybridized carbons (Fsp3) is 0.417. The van der Waals surface area contributed by atoms with Crippen molar-refractivity contribution in [1.82, 2.24) is 10.2 Å². The molecule has 0 aliphatic carbocycles. The van der Waals surface area contributed by atoms with Gasteiger partial charge in [0.15, 0.2) is 0 Å². The fourth-order valence-electron chi connectivity index (χ4n) is 3.56. The van der Waals surface area contributed by atoms with Gasteiger partial charge < -0.3 is 10.2 Å². The van der Waals surface area contributed by atoms with Gasteiger partial charge in [0.05, 0.1) is 11.9 Å². The third-order valence-electron chi connectivity index (χ3n) is 5.48. The zero-order valence-corrected chi connectivity index (χ0v) is 22.2. The van der Waals surface area contributed by atoms with Gasteiger partial charge in [0.25, 0.3) is 0 Å². The molecular weight excluding hydrogens is 497 g/mol. The lowest BCUT2D eigenvalue weighted by Gasteiger charge is -2.30. The molecule has 0 aromatic heterocycles. The highest BCUT2D eigenvalue weighted by atomic mass is 35.5. The number of hydrogen-bond donors (Lipinski definition) is 1. The number of carbonyl (C=O) groups excluding carboxylic acids is 2. The maximum absolute atomic E-state index is 13.2. The SMILES string of the molecule is CCNC(=O)C(C)N(Cc1ccccc1Cl)C(=O)CCCN(c1cccc(Cl)c1C)S(C)(=O)=O. The molecule has 34 heavy (non-hydrogen) atoms. The molecule has 1 unspecified atom stereocenters. The summed E-state index contributed by atoms with van der Waals surface area (Å²) < 4.78 is 26.2. The van der Waals surface area contributed by atoms with Crippen LogP contribution in [0.4, 0.5) is 5.69 Å². The molecule has 1 atom stereocenters. The number of sulfonamides is 1. The lowest BCUT2D eigenvalue weighted by atomic mass is 10.1. The number of nitrogens with one attached hydrogen (secondary N) is 1. The van der Waals surface area contributed by atoms with Gasteiger partial charge in [0.2, 0.25) is 21.8 Å². The van der Waals surface area contributed by atoms with Crippen LogP contribution in [-0.4, -0.2) is 50.5 Å². The summed E-state index contributed by atoms with van der Waals surface area (Å²) in [6.07, 6.45) is 1.44. The summed E-state index contributed by atoms with van der Waals surface area (Å²) in [4.78, 5) is 27.2. The van der Waals surface area contributed by atoms with Crippen molar-refractivity contribution in [2.24, 2.45) is 0 Å². The quantitative estimate of drug-likeness (QED) is 0.469. The Hall–Kier alpha value is -2.29. The van der Waals surface area contributed by atoms with Crippen LogP contribution in [0, 0.1) is 6.92 Å². The standard InChI is InChI=1S/C24H31Cl2N3O4S/c1-5-27-24(31)18(3)28(16-19-10-6-7-11-21(19)26)23(30)14-9-15-29(34(4,32)33)22-13-8-12-20(25)17(22)2/h6-8,10-13,18H,5,9,14-16H2,1-4H3,(H,27,31). The summed E-state index contributed by atoms with van der Waals surface area (Å²) in [6, 6.07) is 11.5. The normalized spacial score (nSPS) is 12.2. The highest BCUT2D eigenvalue weighted by molar-refractivity contribution is 7.92. The molecule has 0 saturated carbocycles. The second-order valence-electron chi connectivity index (χ2n) is 8.01. The van der Waals surface area contributed by atoms with E-state index in [2.05, 4.69) is 5.32 Å². The molecular formula is C24H31Cl2N3O4S. The molecule has 0 aliphatic rings. The van der Waals surface area contributed by atoms with Crippen LogP contribution in [0.3, 0.4) is 0 Å². The van der Waals surface area contributed by atoms with E-state index in [1.54, 1.807) is 50.2 Å². The average molecular weight is 529 g/mol. The molecule has 2 aromatic rings. The molecule has 0 aliphatic heterocycles. The lowest BCUT2D eigenvalue weighted by molar-refractivity contribution is -0.140. The van der Waals surface area contributed by atoms with Gasteiger partial charge in [-0.1, -0.05) is 47.5 Å². The van der Waals surface area contributed by atoms with Crippen LogP contribution in [0.15, 0.2) is 42.5 Å². The third-order valence-corrected chi connectivity index (χ3v) is 7.43. The second kappa shape index (κ2) is 12.4. The van der Waals surface area contributed by atoms with Gasteiger partial charge >= 0.3 is 0 Å². The summed E-state index contributed by atoms with van der Waals surface area (Å²) in [7, 11) is -3.60. The predicted molar refractivity (Wildman–Crippen MR) is 138 cm³/mol. The van der Waals surface area contributed by atoms with E-state index in [4.69, 9.17) is 23.2 Å². The van der Waals surface area contributed by atoms with E-state index in [0.29, 0.717) is 27.8 Å². The topological polar surface area (TPSA) is 86.8 Å². The Bertz CT molecular complexity index is 1120. The number of halogens is 2. The minimum absolute atomic E-state index is 0.0554. The molecule has 2 rings (SSSR count). The number of rotatable bonds is 11. The van der Waals surface area contributed by atoms with E-state index in [1.807, 2.05) is 13.0 Å². The van der Waals surface area contributed by atoms with Crippen molar-refractivity contribution >= 4 is 50.7 Å². The first kappa shape index (κ1) is 28.0. The molecule has 0 bridgehead atoms. The van der Waals surface area contributed by atoms with E-state index in [0.717, 1.165) is 11.8 Å². The molecule has 7 nitrogen and oxygen atoms in total. The molecule has 2 amide bonds. The van der Waals surface area contributed by atoms with Crippen LogP contribution < -0.4 is 9.62 Å². The van der Waals surface area contributed by atoms with Crippen molar-refractivity contribution in [2.45, 2.75) is 46.2 Å². The van der Waals surface area contributed by atoms with Crippen molar-refractivity contribution in [3.05, 3.63) is 63.6 Å². The maximum atomic E-state index is 13.2. The number of nitrogens with zero attached hydrogens (tertiary/aromatic N) is 2. The van der Waals surface area contributed by atoms with Crippen LogP contribution in [-0.2, 0) is 26.2 Å². The zero-order valence-electron chi connectivity index (χ0n) is 19.8. The Kier molecular flexibility index (Phi) is 10.2. The van der Waals surface area contributed by atoms with Crippen LogP contribution in [0.25, 0.3) is 0 Å². The van der Waals surface area contributed by atoms with Crippen LogP contribution >= 0.6 is 23.2 Å². The highest BCUT2D eigenvalue weighted by Crippen LogP contribution is 2.28. The first-order valence-electron chi connectivity index (χ1n) is 11.0. The van der Waals surface area contributed by atoms with Crippen LogP contribution in [0.2, 0.25) is 10.0 Å². The number of amides is 2. The number of benzene rings is 2. The molecule has 1 N–H and O–H groups in total. The Morgan fingerprint density at radius 3 is 2.32 bits per heavy atom. The molecule has 186 valence electrons. The molecule has 0 saturated heterocycles. The van der Waals surface area contributed by atoms with Gasteiger partial charge in [-0.15, -0.1) is 0 Å². The maximum Gasteiger partial charge on any atom is 0.242 e. The summed E-state index contributed by atoms with van der Waals surface area (Å²) in [5.41, 5.74) is 1.85. The Morgan fingerprint density at radius 2 is 1.71 bits per heavy atom. The van der Waals surface area contributed by atoms with Gasteiger partial charge in [0.1, 0.15) is 6.04 Å². The van der Waals surface area contributed by atoms with Crippen molar-refractivity contribution in [1.29, 1.82) is 0 Å². The highest BCUT2D eigenvalue weighted by Gasteiger charge is 2.27. The number of carbonyl (C=O) groups is 2. The summed E-state index contributed by atoms with van der Waals surface area (Å²) in [5, 5.41) is 3.71. The van der Waals surface area contributed by atoms with E-state index >= 15 is 0 Å². The van der Waals surface area contributed by atoms with Crippen LogP contribution in [0.1, 0.15) is 37.8 Å². The minimum atomic E-state index is -3.60. The largest absolute Gasteiger partial charge is 0.355 e. The molecule has 0 heterocycles. The van der Waals surface area contributed by atoms with Crippen molar-refractivity contribution < 1.29 is 18.0 Å². The monoisotopic (exact) mass is 527 g/mol. The number of hydrogen-bond acceptors (Lipinski definition) is 4. The Balaban J connectivity index is 2.20. The first-order valence-corrected chi connectivity index (χ1v) is 13.6. The van der Waals surface area contributed by atoms with Crippen molar-refractivity contribution in [2.75, 3.05) is 23.7 Å². The van der Waals surface area contributed by atoms with Gasteiger partial charge in [0, 0.05) is 36.1 Å². The average Bonchev–Trinajstić information content (AvgIpc) is 2.77. The fourth-order valence-corrected chi connectivity index (χ4v) is 4.94. The smallest absolute Gasteiger partial charge is 0.242 e. The van der Waals surface area contributed by atoms with E-state index in [1.165, 1.54) is 9.21 Å². The van der Waals surface area contributed by atoms with Crippen LogP contribution in [0.5, 0.6) is 0 Å². The minimum Gasteiger partial charge on any atom is -0.355 e.